The number of nitrogens with one attached hydrogen (secondary N) is 1. The molecule has 2 aromatic rings. The van der Waals surface area contributed by atoms with Crippen LogP contribution in [0.15, 0.2) is 48.5 Å². The number of hydrogen-bond acceptors (Lipinski definition) is 4. The summed E-state index contributed by atoms with van der Waals surface area (Å²) in [5.41, 5.74) is 0.614. The molecule has 2 rings (SSSR count). The maximum Gasteiger partial charge on any atom is 0.414 e. The van der Waals surface area contributed by atoms with Crippen LogP contribution in [0.4, 0.5) is 14.9 Å². The first-order valence-electron chi connectivity index (χ1n) is 7.72. The van der Waals surface area contributed by atoms with Crippen molar-refractivity contribution in [1.82, 2.24) is 4.90 Å². The number of carbonyl (C=O) groups excluding carboxylic acids is 2. The minimum absolute atomic E-state index is 0.0859. The second-order valence-electron chi connectivity index (χ2n) is 5.44. The van der Waals surface area contributed by atoms with Gasteiger partial charge in [-0.3, -0.25) is 4.79 Å². The van der Waals surface area contributed by atoms with Gasteiger partial charge in [0, 0.05) is 25.7 Å². The Hall–Kier alpha value is -3.35. The Balaban J connectivity index is 2.18. The number of halogens is 1. The van der Waals surface area contributed by atoms with Gasteiger partial charge in [-0.15, -0.1) is 0 Å². The van der Waals surface area contributed by atoms with Crippen LogP contribution in [0.2, 0.25) is 0 Å². The number of methoxy groups -OCH3 is 1. The lowest BCUT2D eigenvalue weighted by molar-refractivity contribution is -0.111. The lowest BCUT2D eigenvalue weighted by Gasteiger charge is -2.14. The molecule has 0 heterocycles. The van der Waals surface area contributed by atoms with E-state index in [2.05, 4.69) is 5.32 Å². The molecule has 136 valence electrons. The van der Waals surface area contributed by atoms with E-state index in [0.29, 0.717) is 11.3 Å². The van der Waals surface area contributed by atoms with Crippen molar-refractivity contribution in [1.29, 1.82) is 0 Å². The molecule has 0 bridgehead atoms. The predicted octanol–water partition coefficient (Wildman–Crippen LogP) is 3.55. The molecule has 0 aliphatic carbocycles. The zero-order valence-electron chi connectivity index (χ0n) is 14.7. The van der Waals surface area contributed by atoms with Gasteiger partial charge in [0.2, 0.25) is 5.91 Å². The summed E-state index contributed by atoms with van der Waals surface area (Å²) < 4.78 is 24.1. The van der Waals surface area contributed by atoms with Crippen molar-refractivity contribution in [3.8, 4) is 11.5 Å². The topological polar surface area (TPSA) is 67.9 Å². The van der Waals surface area contributed by atoms with E-state index in [9.17, 15) is 14.0 Å². The highest BCUT2D eigenvalue weighted by Crippen LogP contribution is 2.32. The molecule has 2 aromatic carbocycles. The molecule has 0 saturated heterocycles. The number of para-hydroxylation sites is 2. The third-order valence-electron chi connectivity index (χ3n) is 3.32. The number of hydrogen-bond donors (Lipinski definition) is 1. The maximum atomic E-state index is 13.6. The fourth-order valence-corrected chi connectivity index (χ4v) is 2.05. The minimum Gasteiger partial charge on any atom is -0.492 e. The Bertz CT molecular complexity index is 834. The van der Waals surface area contributed by atoms with Crippen LogP contribution in [0.3, 0.4) is 0 Å². The van der Waals surface area contributed by atoms with E-state index in [4.69, 9.17) is 9.47 Å². The van der Waals surface area contributed by atoms with E-state index >= 15 is 0 Å². The standard InChI is InChI=1S/C19H19FN2O4/c1-22(2)19(24)26-16-10-6-7-13(18(16)25-3)11-12-17(23)21-15-9-5-4-8-14(15)20/h4-12H,1-3H3,(H,21,23). The average Bonchev–Trinajstić information content (AvgIpc) is 2.62. The van der Waals surface area contributed by atoms with Crippen molar-refractivity contribution in [3.05, 3.63) is 59.9 Å². The van der Waals surface area contributed by atoms with E-state index in [1.807, 2.05) is 0 Å². The van der Waals surface area contributed by atoms with Crippen LogP contribution in [-0.4, -0.2) is 38.1 Å². The van der Waals surface area contributed by atoms with Gasteiger partial charge < -0.3 is 19.7 Å². The molecule has 7 heteroatoms. The number of benzene rings is 2. The van der Waals surface area contributed by atoms with Crippen LogP contribution < -0.4 is 14.8 Å². The second kappa shape index (κ2) is 8.66. The van der Waals surface area contributed by atoms with E-state index in [1.54, 1.807) is 38.4 Å². The van der Waals surface area contributed by atoms with Gasteiger partial charge >= 0.3 is 6.09 Å². The van der Waals surface area contributed by atoms with Crippen molar-refractivity contribution < 1.29 is 23.5 Å². The number of rotatable bonds is 5. The number of anilines is 1. The van der Waals surface area contributed by atoms with Gasteiger partial charge in [-0.2, -0.15) is 0 Å². The Morgan fingerprint density at radius 3 is 2.50 bits per heavy atom. The van der Waals surface area contributed by atoms with E-state index < -0.39 is 17.8 Å². The SMILES string of the molecule is COc1c(C=CC(=O)Nc2ccccc2F)cccc1OC(=O)N(C)C. The maximum absolute atomic E-state index is 13.6. The number of ether oxygens (including phenoxy) is 2. The summed E-state index contributed by atoms with van der Waals surface area (Å²) in [5.74, 6) is -0.502. The average molecular weight is 358 g/mol. The molecule has 0 atom stereocenters. The first-order valence-corrected chi connectivity index (χ1v) is 7.72. The van der Waals surface area contributed by atoms with Crippen molar-refractivity contribution in [2.75, 3.05) is 26.5 Å². The summed E-state index contributed by atoms with van der Waals surface area (Å²) in [6, 6.07) is 10.8. The molecule has 0 aliphatic rings. The van der Waals surface area contributed by atoms with Gasteiger partial charge in [0.15, 0.2) is 11.5 Å². The molecule has 0 saturated carbocycles. The molecule has 2 amide bonds. The van der Waals surface area contributed by atoms with E-state index in [1.165, 1.54) is 42.4 Å². The summed E-state index contributed by atoms with van der Waals surface area (Å²) in [6.07, 6.45) is 2.17. The van der Waals surface area contributed by atoms with Gasteiger partial charge in [-0.05, 0) is 24.3 Å². The Kier molecular flexibility index (Phi) is 6.32. The highest BCUT2D eigenvalue weighted by atomic mass is 19.1. The summed E-state index contributed by atoms with van der Waals surface area (Å²) >= 11 is 0. The van der Waals surface area contributed by atoms with Crippen LogP contribution in [0, 0.1) is 5.82 Å². The van der Waals surface area contributed by atoms with Gasteiger partial charge in [0.25, 0.3) is 0 Å². The summed E-state index contributed by atoms with van der Waals surface area (Å²) in [4.78, 5) is 25.0. The Labute approximate surface area is 150 Å². The highest BCUT2D eigenvalue weighted by Gasteiger charge is 2.14. The molecule has 0 radical (unpaired) electrons. The second-order valence-corrected chi connectivity index (χ2v) is 5.44. The number of nitrogens with zero attached hydrogens (tertiary/aromatic N) is 1. The third kappa shape index (κ3) is 4.83. The predicted molar refractivity (Wildman–Crippen MR) is 96.8 cm³/mol. The van der Waals surface area contributed by atoms with Crippen LogP contribution in [0.25, 0.3) is 6.08 Å². The quantitative estimate of drug-likeness (QED) is 0.830. The minimum atomic E-state index is -0.554. The molecule has 0 aromatic heterocycles. The fraction of sp³-hybridized carbons (Fsp3) is 0.158. The number of carbonyl (C=O) groups is 2. The van der Waals surface area contributed by atoms with Gasteiger partial charge in [0.05, 0.1) is 12.8 Å². The summed E-state index contributed by atoms with van der Waals surface area (Å²) in [7, 11) is 4.55. The van der Waals surface area contributed by atoms with Gasteiger partial charge in [0.1, 0.15) is 5.82 Å². The van der Waals surface area contributed by atoms with Gasteiger partial charge in [-0.1, -0.05) is 24.3 Å². The monoisotopic (exact) mass is 358 g/mol. The third-order valence-corrected chi connectivity index (χ3v) is 3.32. The van der Waals surface area contributed by atoms with Crippen LogP contribution >= 0.6 is 0 Å². The highest BCUT2D eigenvalue weighted by molar-refractivity contribution is 6.02. The summed E-state index contributed by atoms with van der Waals surface area (Å²) in [6.45, 7) is 0. The first-order chi connectivity index (χ1) is 12.4. The fourth-order valence-electron chi connectivity index (χ4n) is 2.05. The smallest absolute Gasteiger partial charge is 0.414 e. The zero-order valence-corrected chi connectivity index (χ0v) is 14.7. The molecular weight excluding hydrogens is 339 g/mol. The van der Waals surface area contributed by atoms with Crippen molar-refractivity contribution in [2.24, 2.45) is 0 Å². The zero-order chi connectivity index (χ0) is 19.1. The van der Waals surface area contributed by atoms with E-state index in [-0.39, 0.29) is 11.4 Å². The molecule has 6 nitrogen and oxygen atoms in total. The van der Waals surface area contributed by atoms with Crippen LogP contribution in [0.1, 0.15) is 5.56 Å². The first kappa shape index (κ1) is 19.0. The largest absolute Gasteiger partial charge is 0.492 e. The molecule has 0 spiro atoms. The van der Waals surface area contributed by atoms with Gasteiger partial charge in [-0.25, -0.2) is 9.18 Å². The molecule has 0 fully saturated rings. The summed E-state index contributed by atoms with van der Waals surface area (Å²) in [5, 5.41) is 2.45. The molecule has 26 heavy (non-hydrogen) atoms. The van der Waals surface area contributed by atoms with Crippen molar-refractivity contribution in [3.63, 3.8) is 0 Å². The van der Waals surface area contributed by atoms with Crippen molar-refractivity contribution in [2.45, 2.75) is 0 Å². The Morgan fingerprint density at radius 1 is 1.12 bits per heavy atom. The molecule has 1 N–H and O–H groups in total. The van der Waals surface area contributed by atoms with Crippen molar-refractivity contribution >= 4 is 23.8 Å². The van der Waals surface area contributed by atoms with E-state index in [0.717, 1.165) is 0 Å². The molecular formula is C19H19FN2O4. The Morgan fingerprint density at radius 2 is 1.85 bits per heavy atom. The lowest BCUT2D eigenvalue weighted by atomic mass is 10.1. The molecule has 0 unspecified atom stereocenters. The lowest BCUT2D eigenvalue weighted by Crippen LogP contribution is -2.25. The van der Waals surface area contributed by atoms with Crippen LogP contribution in [-0.2, 0) is 4.79 Å². The van der Waals surface area contributed by atoms with Crippen LogP contribution in [0.5, 0.6) is 11.5 Å². The molecule has 0 aliphatic heterocycles. The normalized spacial score (nSPS) is 10.5. The number of amides is 2.